The summed E-state index contributed by atoms with van der Waals surface area (Å²) in [6.45, 7) is 6.50. The summed E-state index contributed by atoms with van der Waals surface area (Å²) in [4.78, 5) is 46.5. The normalized spacial score (nSPS) is 13.3. The van der Waals surface area contributed by atoms with E-state index in [1.807, 2.05) is 0 Å². The fourth-order valence-corrected chi connectivity index (χ4v) is 2.29. The lowest BCUT2D eigenvalue weighted by Gasteiger charge is -2.13. The van der Waals surface area contributed by atoms with Crippen LogP contribution in [0.15, 0.2) is 12.2 Å². The Balaban J connectivity index is 1.80. The summed E-state index contributed by atoms with van der Waals surface area (Å²) in [5.74, 6) is -1.69. The SMILES string of the molecule is CC(C)OC(=O)CCOCCOCCOCCOCCNC(=O)CN1C(=O)C=CC1=O. The van der Waals surface area contributed by atoms with E-state index in [2.05, 4.69) is 5.32 Å². The number of amides is 3. The summed E-state index contributed by atoms with van der Waals surface area (Å²) in [7, 11) is 0. The van der Waals surface area contributed by atoms with E-state index >= 15 is 0 Å². The van der Waals surface area contributed by atoms with Crippen LogP contribution in [0.4, 0.5) is 0 Å². The Labute approximate surface area is 182 Å². The molecule has 0 aromatic carbocycles. The van der Waals surface area contributed by atoms with Crippen LogP contribution >= 0.6 is 0 Å². The van der Waals surface area contributed by atoms with Crippen LogP contribution in [-0.2, 0) is 42.9 Å². The summed E-state index contributed by atoms with van der Waals surface area (Å²) in [6, 6.07) is 0. The van der Waals surface area contributed by atoms with E-state index in [1.165, 1.54) is 0 Å². The van der Waals surface area contributed by atoms with Gasteiger partial charge in [0.05, 0.1) is 65.4 Å². The van der Waals surface area contributed by atoms with Gasteiger partial charge in [-0.25, -0.2) is 0 Å². The van der Waals surface area contributed by atoms with Crippen molar-refractivity contribution in [2.75, 3.05) is 65.9 Å². The van der Waals surface area contributed by atoms with Gasteiger partial charge in [-0.3, -0.25) is 24.1 Å². The molecule has 1 aliphatic rings. The van der Waals surface area contributed by atoms with Crippen molar-refractivity contribution in [2.24, 2.45) is 0 Å². The molecule has 1 aliphatic heterocycles. The molecule has 11 heteroatoms. The Morgan fingerprint density at radius 2 is 1.32 bits per heavy atom. The molecule has 3 amide bonds. The first-order chi connectivity index (χ1) is 14.9. The number of nitrogens with zero attached hydrogens (tertiary/aromatic N) is 1. The number of ether oxygens (including phenoxy) is 5. The van der Waals surface area contributed by atoms with Crippen molar-refractivity contribution < 1.29 is 42.9 Å². The highest BCUT2D eigenvalue weighted by Crippen LogP contribution is 2.02. The Kier molecular flexibility index (Phi) is 14.1. The van der Waals surface area contributed by atoms with Crippen molar-refractivity contribution in [1.29, 1.82) is 0 Å². The molecular weight excluding hydrogens is 412 g/mol. The minimum atomic E-state index is -0.492. The average molecular weight is 444 g/mol. The van der Waals surface area contributed by atoms with Crippen LogP contribution in [0.3, 0.4) is 0 Å². The predicted octanol–water partition coefficient (Wildman–Crippen LogP) is -0.564. The number of hydrogen-bond donors (Lipinski definition) is 1. The van der Waals surface area contributed by atoms with Gasteiger partial charge in [0.15, 0.2) is 0 Å². The summed E-state index contributed by atoms with van der Waals surface area (Å²) in [5, 5.41) is 2.57. The van der Waals surface area contributed by atoms with Gasteiger partial charge in [0, 0.05) is 18.7 Å². The van der Waals surface area contributed by atoms with E-state index in [1.54, 1.807) is 13.8 Å². The lowest BCUT2D eigenvalue weighted by Crippen LogP contribution is -2.41. The van der Waals surface area contributed by atoms with Gasteiger partial charge in [-0.2, -0.15) is 0 Å². The maximum Gasteiger partial charge on any atom is 0.308 e. The minimum Gasteiger partial charge on any atom is -0.463 e. The van der Waals surface area contributed by atoms with Crippen molar-refractivity contribution in [3.8, 4) is 0 Å². The van der Waals surface area contributed by atoms with Gasteiger partial charge in [0.25, 0.3) is 11.8 Å². The second kappa shape index (κ2) is 16.4. The van der Waals surface area contributed by atoms with Crippen LogP contribution in [0.1, 0.15) is 20.3 Å². The van der Waals surface area contributed by atoms with Crippen molar-refractivity contribution in [1.82, 2.24) is 10.2 Å². The van der Waals surface area contributed by atoms with Crippen LogP contribution in [0.25, 0.3) is 0 Å². The first kappa shape index (κ1) is 26.7. The number of esters is 1. The van der Waals surface area contributed by atoms with Gasteiger partial charge in [-0.05, 0) is 13.8 Å². The number of rotatable bonds is 18. The van der Waals surface area contributed by atoms with Gasteiger partial charge in [-0.1, -0.05) is 0 Å². The van der Waals surface area contributed by atoms with Crippen molar-refractivity contribution in [3.63, 3.8) is 0 Å². The largest absolute Gasteiger partial charge is 0.463 e. The van der Waals surface area contributed by atoms with E-state index in [0.717, 1.165) is 17.1 Å². The molecule has 0 spiro atoms. The molecule has 0 aliphatic carbocycles. The van der Waals surface area contributed by atoms with Crippen LogP contribution in [0.2, 0.25) is 0 Å². The van der Waals surface area contributed by atoms with Gasteiger partial charge in [-0.15, -0.1) is 0 Å². The molecule has 31 heavy (non-hydrogen) atoms. The van der Waals surface area contributed by atoms with Crippen LogP contribution < -0.4 is 5.32 Å². The van der Waals surface area contributed by atoms with Crippen LogP contribution in [0.5, 0.6) is 0 Å². The monoisotopic (exact) mass is 444 g/mol. The molecule has 1 N–H and O–H groups in total. The van der Waals surface area contributed by atoms with E-state index in [9.17, 15) is 19.2 Å². The van der Waals surface area contributed by atoms with E-state index in [0.29, 0.717) is 46.2 Å². The maximum atomic E-state index is 11.7. The predicted molar refractivity (Wildman–Crippen MR) is 108 cm³/mol. The summed E-state index contributed by atoms with van der Waals surface area (Å²) in [5.41, 5.74) is 0. The van der Waals surface area contributed by atoms with Crippen molar-refractivity contribution >= 4 is 23.7 Å². The minimum absolute atomic E-state index is 0.120. The molecule has 0 radical (unpaired) electrons. The van der Waals surface area contributed by atoms with E-state index in [4.69, 9.17) is 23.7 Å². The van der Waals surface area contributed by atoms with Gasteiger partial charge >= 0.3 is 5.97 Å². The van der Waals surface area contributed by atoms with Crippen LogP contribution in [0, 0.1) is 0 Å². The fraction of sp³-hybridized carbons (Fsp3) is 0.700. The standard InChI is InChI=1S/C20H32N2O9/c1-16(2)31-20(26)5-7-27-9-11-29-13-14-30-12-10-28-8-6-21-17(23)15-22-18(24)3-4-19(22)25/h3-4,16H,5-15H2,1-2H3,(H,21,23). The molecule has 176 valence electrons. The molecule has 0 unspecified atom stereocenters. The first-order valence-electron chi connectivity index (χ1n) is 10.2. The summed E-state index contributed by atoms with van der Waals surface area (Å²) >= 11 is 0. The molecule has 0 bridgehead atoms. The number of carbonyl (C=O) groups is 4. The number of nitrogens with one attached hydrogen (secondary N) is 1. The smallest absolute Gasteiger partial charge is 0.308 e. The lowest BCUT2D eigenvalue weighted by atomic mass is 10.4. The zero-order valence-electron chi connectivity index (χ0n) is 18.1. The molecule has 0 fully saturated rings. The zero-order valence-corrected chi connectivity index (χ0v) is 18.1. The van der Waals surface area contributed by atoms with E-state index in [-0.39, 0.29) is 38.2 Å². The number of hydrogen-bond acceptors (Lipinski definition) is 9. The zero-order chi connectivity index (χ0) is 22.9. The van der Waals surface area contributed by atoms with E-state index < -0.39 is 17.7 Å². The Morgan fingerprint density at radius 1 is 0.839 bits per heavy atom. The third kappa shape index (κ3) is 13.6. The van der Waals surface area contributed by atoms with Gasteiger partial charge in [0.2, 0.25) is 5.91 Å². The van der Waals surface area contributed by atoms with Crippen LogP contribution in [-0.4, -0.2) is 101 Å². The molecule has 0 aromatic rings. The Hall–Kier alpha value is -2.34. The molecule has 0 saturated heterocycles. The number of imide groups is 1. The molecule has 11 nitrogen and oxygen atoms in total. The van der Waals surface area contributed by atoms with Gasteiger partial charge < -0.3 is 29.0 Å². The summed E-state index contributed by atoms with van der Waals surface area (Å²) in [6.07, 6.45) is 2.37. The molecule has 1 rings (SSSR count). The third-order valence-corrected chi connectivity index (χ3v) is 3.70. The number of carbonyl (C=O) groups excluding carboxylic acids is 4. The average Bonchev–Trinajstić information content (AvgIpc) is 3.02. The summed E-state index contributed by atoms with van der Waals surface area (Å²) < 4.78 is 26.3. The molecule has 0 saturated carbocycles. The highest BCUT2D eigenvalue weighted by molar-refractivity contribution is 6.14. The van der Waals surface area contributed by atoms with Crippen molar-refractivity contribution in [3.05, 3.63) is 12.2 Å². The molecule has 0 atom stereocenters. The second-order valence-electron chi connectivity index (χ2n) is 6.68. The Bertz CT molecular complexity index is 589. The molecule has 1 heterocycles. The third-order valence-electron chi connectivity index (χ3n) is 3.70. The molecular formula is C20H32N2O9. The first-order valence-corrected chi connectivity index (χ1v) is 10.2. The maximum absolute atomic E-state index is 11.7. The highest BCUT2D eigenvalue weighted by Gasteiger charge is 2.25. The van der Waals surface area contributed by atoms with Crippen molar-refractivity contribution in [2.45, 2.75) is 26.4 Å². The van der Waals surface area contributed by atoms with Gasteiger partial charge in [0.1, 0.15) is 6.54 Å². The second-order valence-corrected chi connectivity index (χ2v) is 6.68. The quantitative estimate of drug-likeness (QED) is 0.168. The Morgan fingerprint density at radius 3 is 1.84 bits per heavy atom. The highest BCUT2D eigenvalue weighted by atomic mass is 16.6. The molecule has 0 aromatic heterocycles. The topological polar surface area (TPSA) is 130 Å². The lowest BCUT2D eigenvalue weighted by molar-refractivity contribution is -0.148. The fourth-order valence-electron chi connectivity index (χ4n) is 2.29.